The van der Waals surface area contributed by atoms with Crippen LogP contribution in [0.15, 0.2) is 87.5 Å². The van der Waals surface area contributed by atoms with Gasteiger partial charge in [-0.2, -0.15) is 25.3 Å². The first kappa shape index (κ1) is 66.0. The largest absolute Gasteiger partial charge is 1.00 e. The summed E-state index contributed by atoms with van der Waals surface area (Å²) in [5, 5.41) is 0. The van der Waals surface area contributed by atoms with Crippen LogP contribution < -0.4 is 26.6 Å². The summed E-state index contributed by atoms with van der Waals surface area (Å²) >= 11 is 0. The molecule has 0 atom stereocenters. The van der Waals surface area contributed by atoms with E-state index >= 15 is 0 Å². The van der Waals surface area contributed by atoms with Gasteiger partial charge in [-0.1, -0.05) is 58.3 Å². The van der Waals surface area contributed by atoms with Gasteiger partial charge < -0.3 is 40.8 Å². The molecule has 0 aliphatic carbocycles. The maximum absolute atomic E-state index is 12.7. The van der Waals surface area contributed by atoms with Crippen LogP contribution in [0.5, 0.6) is 17.2 Å². The van der Waals surface area contributed by atoms with Gasteiger partial charge >= 0.3 is 18.5 Å². The van der Waals surface area contributed by atoms with Gasteiger partial charge in [0.05, 0.1) is 39.3 Å². The van der Waals surface area contributed by atoms with Gasteiger partial charge in [0.25, 0.3) is 30.4 Å². The number of unbranched alkanes of at least 4 members (excludes halogenated alkanes) is 9. The summed E-state index contributed by atoms with van der Waals surface area (Å²) in [6, 6.07) is 13.2. The second-order valence-electron chi connectivity index (χ2n) is 13.9. The second-order valence-corrected chi connectivity index (χ2v) is 22.6. The fourth-order valence-corrected chi connectivity index (χ4v) is 11.1. The second kappa shape index (κ2) is 33.5. The first-order valence-corrected chi connectivity index (χ1v) is 26.3. The summed E-state index contributed by atoms with van der Waals surface area (Å²) in [5.41, 5.74) is 0. The van der Waals surface area contributed by atoms with E-state index in [0.29, 0.717) is 6.16 Å². The quantitative estimate of drug-likeness (QED) is 0.0194. The van der Waals surface area contributed by atoms with E-state index in [0.717, 1.165) is 111 Å². The van der Waals surface area contributed by atoms with Crippen molar-refractivity contribution in [1.29, 1.82) is 0 Å². The topological polar surface area (TPSA) is 270 Å². The predicted molar refractivity (Wildman–Crippen MR) is 240 cm³/mol. The van der Waals surface area contributed by atoms with Gasteiger partial charge in [0.1, 0.15) is 37.1 Å². The van der Waals surface area contributed by atoms with E-state index in [4.69, 9.17) is 28.4 Å². The van der Waals surface area contributed by atoms with Crippen LogP contribution in [-0.4, -0.2) is 191 Å². The minimum Gasteiger partial charge on any atom is -1.00 e. The normalized spacial score (nSPS) is 11.3. The molecule has 349 valence electrons. The molecule has 0 amide bonds. The molecule has 0 aliphatic heterocycles. The van der Waals surface area contributed by atoms with E-state index in [1.165, 1.54) is 25.7 Å². The standard InChI is InChI=1S/C39H51O18PS3.ClH.3Na/c1-2-3-4-5-6-7-8-9-10-11-27-58(28-24-52-37(40)55-31-12-18-34(19-13-31)59(43,44)45,29-25-53-38(41)56-32-14-20-35(21-15-32)60(46,47)48)30-26-54-39(42)57-33-16-22-36(23-17-33)61(49,50)51;;;;/h12-23H,2-11,24-30H2,1H3,(H2-,43,44,45,46,47,48,49,50,51);1H;;;. The molecule has 0 fully saturated rings. The minimum atomic E-state index is -4.47. The summed E-state index contributed by atoms with van der Waals surface area (Å²) in [5.74, 6) is -0.159. The molecule has 18 nitrogen and oxygen atoms in total. The molecule has 0 unspecified atom stereocenters. The van der Waals surface area contributed by atoms with Crippen molar-refractivity contribution >= 4 is 145 Å². The third-order valence-electron chi connectivity index (χ3n) is 9.31. The fourth-order valence-electron chi connectivity index (χ4n) is 5.99. The predicted octanol–water partition coefficient (Wildman–Crippen LogP) is 4.17. The van der Waals surface area contributed by atoms with Gasteiger partial charge in [-0.05, 0) is 85.6 Å². The third-order valence-corrected chi connectivity index (χ3v) is 16.6. The summed E-state index contributed by atoms with van der Waals surface area (Å²) < 4.78 is 127. The Hall–Kier alpha value is -1.08. The van der Waals surface area contributed by atoms with Crippen LogP contribution in [0.2, 0.25) is 0 Å². The van der Waals surface area contributed by atoms with Crippen LogP contribution in [0.1, 0.15) is 71.1 Å². The van der Waals surface area contributed by atoms with Crippen molar-refractivity contribution in [3.05, 3.63) is 72.8 Å². The molecular formula is C39H52ClNa3O18PS3. The first-order chi connectivity index (χ1) is 28.8. The molecule has 65 heavy (non-hydrogen) atoms. The number of carbonyl (C=O) groups is 3. The molecule has 26 heteroatoms. The monoisotopic (exact) mass is 1040 g/mol. The Balaban J connectivity index is 0. The average molecular weight is 1040 g/mol. The molecule has 0 aromatic heterocycles. The molecule has 3 aromatic rings. The molecule has 0 bridgehead atoms. The van der Waals surface area contributed by atoms with Gasteiger partial charge in [-0.25, -0.2) is 14.4 Å². The average Bonchev–Trinajstić information content (AvgIpc) is 3.18. The van der Waals surface area contributed by atoms with Crippen molar-refractivity contribution < 1.29 is 94.1 Å². The van der Waals surface area contributed by atoms with Crippen molar-refractivity contribution in [2.75, 3.05) is 44.5 Å². The van der Waals surface area contributed by atoms with Gasteiger partial charge in [-0.3, -0.25) is 13.7 Å². The SMILES string of the molecule is CCCCCCCCCCCC[P+](CCOC(=O)Oc1ccc(S(=O)(=O)O)cc1)(CCOC(=O)Oc1ccc(S(=O)(=O)O)cc1)CCOC(=O)Oc1ccc(S(=O)(=O)O)cc1.[Cl-].[Na].[Na].[Na]. The maximum Gasteiger partial charge on any atom is 0.513 e. The molecule has 0 heterocycles. The number of carbonyl (C=O) groups excluding carboxylic acids is 3. The Labute approximate surface area is 454 Å². The Morgan fingerprint density at radius 3 is 0.923 bits per heavy atom. The van der Waals surface area contributed by atoms with Crippen molar-refractivity contribution in [2.24, 2.45) is 0 Å². The fraction of sp³-hybridized carbons (Fsp3) is 0.462. The van der Waals surface area contributed by atoms with Gasteiger partial charge in [-0.15, -0.1) is 0 Å². The van der Waals surface area contributed by atoms with Crippen LogP contribution in [0.4, 0.5) is 14.4 Å². The first-order valence-electron chi connectivity index (χ1n) is 19.4. The molecule has 0 spiro atoms. The Bertz CT molecular complexity index is 1970. The van der Waals surface area contributed by atoms with Crippen LogP contribution in [0.25, 0.3) is 0 Å². The van der Waals surface area contributed by atoms with E-state index in [2.05, 4.69) is 6.92 Å². The summed E-state index contributed by atoms with van der Waals surface area (Å²) in [7, 11) is -15.8. The zero-order valence-electron chi connectivity index (χ0n) is 37.0. The zero-order chi connectivity index (χ0) is 44.9. The smallest absolute Gasteiger partial charge is 0.513 e. The summed E-state index contributed by atoms with van der Waals surface area (Å²) in [6.07, 6.45) is 8.85. The Morgan fingerprint density at radius 2 is 0.677 bits per heavy atom. The molecule has 3 rings (SSSR count). The zero-order valence-corrected chi connectivity index (χ0v) is 47.1. The number of hydrogen-bond donors (Lipinski definition) is 3. The van der Waals surface area contributed by atoms with Gasteiger partial charge in [0.15, 0.2) is 0 Å². The molecule has 3 aromatic carbocycles. The molecule has 0 aliphatic rings. The van der Waals surface area contributed by atoms with E-state index < -0.39 is 70.8 Å². The van der Waals surface area contributed by atoms with Crippen molar-refractivity contribution in [1.82, 2.24) is 0 Å². The Morgan fingerprint density at radius 1 is 0.431 bits per heavy atom. The van der Waals surface area contributed by atoms with E-state index in [1.807, 2.05) is 0 Å². The van der Waals surface area contributed by atoms with E-state index in [-0.39, 0.29) is 157 Å². The maximum atomic E-state index is 12.7. The number of hydrogen-bond acceptors (Lipinski definition) is 15. The summed E-state index contributed by atoms with van der Waals surface area (Å²) in [4.78, 5) is 36.8. The van der Waals surface area contributed by atoms with Crippen molar-refractivity contribution in [3.8, 4) is 17.2 Å². The van der Waals surface area contributed by atoms with E-state index in [1.54, 1.807) is 0 Å². The van der Waals surface area contributed by atoms with Crippen molar-refractivity contribution in [2.45, 2.75) is 85.8 Å². The Kier molecular flexibility index (Phi) is 34.0. The van der Waals surface area contributed by atoms with Crippen LogP contribution in [0, 0.1) is 0 Å². The minimum absolute atomic E-state index is 0. The van der Waals surface area contributed by atoms with Crippen LogP contribution in [0.3, 0.4) is 0 Å². The molecule has 0 saturated heterocycles. The van der Waals surface area contributed by atoms with Gasteiger partial charge in [0, 0.05) is 95.9 Å². The number of rotatable bonds is 26. The van der Waals surface area contributed by atoms with E-state index in [9.17, 15) is 53.3 Å². The van der Waals surface area contributed by atoms with Crippen molar-refractivity contribution in [3.63, 3.8) is 0 Å². The number of benzene rings is 3. The molecule has 0 saturated carbocycles. The molecular weight excluding hydrogens is 988 g/mol. The number of halogens is 1. The molecule has 3 N–H and O–H groups in total. The molecule has 3 radical (unpaired) electrons. The summed E-state index contributed by atoms with van der Waals surface area (Å²) in [6.45, 7) is 1.68. The van der Waals surface area contributed by atoms with Crippen LogP contribution in [-0.2, 0) is 44.6 Å². The van der Waals surface area contributed by atoms with Crippen LogP contribution >= 0.6 is 7.26 Å². The number of ether oxygens (including phenoxy) is 6. The van der Waals surface area contributed by atoms with Gasteiger partial charge in [0.2, 0.25) is 0 Å². The third kappa shape index (κ3) is 27.0.